The summed E-state index contributed by atoms with van der Waals surface area (Å²) in [4.78, 5) is 1.69. The number of aliphatic hydroxyl groups is 2. The molecule has 6 heteroatoms. The quantitative estimate of drug-likeness (QED) is 0.615. The van der Waals surface area contributed by atoms with Crippen molar-refractivity contribution < 1.29 is 19.3 Å². The molecule has 0 heterocycles. The summed E-state index contributed by atoms with van der Waals surface area (Å²) >= 11 is 0. The predicted octanol–water partition coefficient (Wildman–Crippen LogP) is 0.988. The molecule has 4 N–H and O–H groups in total. The molecule has 0 fully saturated rings. The molecule has 0 aliphatic rings. The Hall–Kier alpha value is -1.53. The first kappa shape index (κ1) is 15.5. The molecule has 0 atom stereocenters. The van der Waals surface area contributed by atoms with Crippen LogP contribution in [0.5, 0.6) is 5.75 Å². The van der Waals surface area contributed by atoms with E-state index < -0.39 is 5.82 Å². The first-order valence-corrected chi connectivity index (χ1v) is 6.32. The van der Waals surface area contributed by atoms with Gasteiger partial charge in [-0.1, -0.05) is 6.92 Å². The Kier molecular flexibility index (Phi) is 6.38. The number of aliphatic hydroxyl groups excluding tert-OH is 2. The second kappa shape index (κ2) is 7.81. The van der Waals surface area contributed by atoms with Crippen LogP contribution in [0.1, 0.15) is 13.3 Å². The second-order valence-corrected chi connectivity index (χ2v) is 4.12. The van der Waals surface area contributed by atoms with Crippen molar-refractivity contribution in [2.45, 2.75) is 13.3 Å². The SMILES string of the molecule is CCCOc1cc(N(CCO)CCO)c(N)cc1F. The van der Waals surface area contributed by atoms with Crippen molar-refractivity contribution in [2.75, 3.05) is 43.5 Å². The van der Waals surface area contributed by atoms with Gasteiger partial charge < -0.3 is 25.6 Å². The fourth-order valence-corrected chi connectivity index (χ4v) is 1.75. The number of halogens is 1. The third kappa shape index (κ3) is 4.25. The van der Waals surface area contributed by atoms with Crippen LogP contribution >= 0.6 is 0 Å². The van der Waals surface area contributed by atoms with Crippen molar-refractivity contribution >= 4 is 11.4 Å². The van der Waals surface area contributed by atoms with Gasteiger partial charge in [0, 0.05) is 25.2 Å². The van der Waals surface area contributed by atoms with Gasteiger partial charge in [-0.3, -0.25) is 0 Å². The largest absolute Gasteiger partial charge is 0.490 e. The van der Waals surface area contributed by atoms with Gasteiger partial charge in [0.05, 0.1) is 31.2 Å². The Morgan fingerprint density at radius 2 is 1.89 bits per heavy atom. The zero-order chi connectivity index (χ0) is 14.3. The number of nitrogen functional groups attached to an aromatic ring is 1. The fraction of sp³-hybridized carbons (Fsp3) is 0.538. The average molecular weight is 272 g/mol. The molecule has 0 radical (unpaired) electrons. The van der Waals surface area contributed by atoms with Crippen LogP contribution in [0, 0.1) is 5.82 Å². The topological polar surface area (TPSA) is 79.0 Å². The maximum atomic E-state index is 13.7. The van der Waals surface area contributed by atoms with Gasteiger partial charge in [0.1, 0.15) is 0 Å². The van der Waals surface area contributed by atoms with Crippen molar-refractivity contribution in [3.05, 3.63) is 17.9 Å². The molecule has 1 aromatic rings. The molecule has 0 aromatic heterocycles. The van der Waals surface area contributed by atoms with E-state index in [0.717, 1.165) is 6.42 Å². The molecule has 5 nitrogen and oxygen atoms in total. The van der Waals surface area contributed by atoms with Crippen LogP contribution < -0.4 is 15.4 Å². The first-order chi connectivity index (χ1) is 9.13. The minimum Gasteiger partial charge on any atom is -0.490 e. The molecule has 0 aliphatic heterocycles. The fourth-order valence-electron chi connectivity index (χ4n) is 1.75. The summed E-state index contributed by atoms with van der Waals surface area (Å²) in [5.74, 6) is -0.380. The highest BCUT2D eigenvalue weighted by Crippen LogP contribution is 2.31. The lowest BCUT2D eigenvalue weighted by Crippen LogP contribution is -2.30. The number of ether oxygens (including phenoxy) is 1. The van der Waals surface area contributed by atoms with Crippen LogP contribution in [0.3, 0.4) is 0 Å². The average Bonchev–Trinajstić information content (AvgIpc) is 2.38. The molecular weight excluding hydrogens is 251 g/mol. The summed E-state index contributed by atoms with van der Waals surface area (Å²) in [6, 6.07) is 2.70. The number of hydrogen-bond acceptors (Lipinski definition) is 5. The minimum absolute atomic E-state index is 0.0814. The molecule has 0 aliphatic carbocycles. The van der Waals surface area contributed by atoms with Gasteiger partial charge in [-0.15, -0.1) is 0 Å². The van der Waals surface area contributed by atoms with Gasteiger partial charge in [-0.2, -0.15) is 0 Å². The highest BCUT2D eigenvalue weighted by molar-refractivity contribution is 5.70. The Balaban J connectivity index is 3.02. The van der Waals surface area contributed by atoms with Crippen molar-refractivity contribution in [3.8, 4) is 5.75 Å². The van der Waals surface area contributed by atoms with Crippen LogP contribution in [0.25, 0.3) is 0 Å². The van der Waals surface area contributed by atoms with Gasteiger partial charge in [-0.05, 0) is 6.42 Å². The monoisotopic (exact) mass is 272 g/mol. The van der Waals surface area contributed by atoms with Gasteiger partial charge >= 0.3 is 0 Å². The van der Waals surface area contributed by atoms with Crippen LogP contribution in [0.15, 0.2) is 12.1 Å². The summed E-state index contributed by atoms with van der Waals surface area (Å²) in [6.45, 7) is 2.80. The molecule has 1 aromatic carbocycles. The normalized spacial score (nSPS) is 10.5. The number of nitrogens with zero attached hydrogens (tertiary/aromatic N) is 1. The molecule has 19 heavy (non-hydrogen) atoms. The van der Waals surface area contributed by atoms with E-state index in [1.807, 2.05) is 6.92 Å². The third-order valence-electron chi connectivity index (χ3n) is 2.62. The molecule has 0 bridgehead atoms. The third-order valence-corrected chi connectivity index (χ3v) is 2.62. The lowest BCUT2D eigenvalue weighted by molar-refractivity contribution is 0.280. The smallest absolute Gasteiger partial charge is 0.167 e. The van der Waals surface area contributed by atoms with E-state index >= 15 is 0 Å². The zero-order valence-corrected chi connectivity index (χ0v) is 11.1. The van der Waals surface area contributed by atoms with E-state index in [1.54, 1.807) is 4.90 Å². The Morgan fingerprint density at radius 3 is 2.42 bits per heavy atom. The van der Waals surface area contributed by atoms with Crippen LogP contribution in [0.4, 0.5) is 15.8 Å². The van der Waals surface area contributed by atoms with Gasteiger partial charge in [0.2, 0.25) is 0 Å². The van der Waals surface area contributed by atoms with E-state index in [0.29, 0.717) is 25.4 Å². The molecular formula is C13H21FN2O3. The molecule has 0 amide bonds. The summed E-state index contributed by atoms with van der Waals surface area (Å²) in [6.07, 6.45) is 0.774. The summed E-state index contributed by atoms with van der Waals surface area (Å²) in [5, 5.41) is 18.0. The van der Waals surface area contributed by atoms with Gasteiger partial charge in [-0.25, -0.2) is 4.39 Å². The second-order valence-electron chi connectivity index (χ2n) is 4.12. The molecule has 108 valence electrons. The lowest BCUT2D eigenvalue weighted by Gasteiger charge is -2.25. The van der Waals surface area contributed by atoms with Gasteiger partial charge in [0.15, 0.2) is 11.6 Å². The number of hydrogen-bond donors (Lipinski definition) is 3. The van der Waals surface area contributed by atoms with Crippen LogP contribution in [-0.2, 0) is 0 Å². The van der Waals surface area contributed by atoms with Crippen LogP contribution in [-0.4, -0.2) is 43.1 Å². The number of rotatable bonds is 8. The van der Waals surface area contributed by atoms with E-state index in [1.165, 1.54) is 12.1 Å². The van der Waals surface area contributed by atoms with E-state index in [-0.39, 0.29) is 24.7 Å². The van der Waals surface area contributed by atoms with Gasteiger partial charge in [0.25, 0.3) is 0 Å². The first-order valence-electron chi connectivity index (χ1n) is 6.32. The lowest BCUT2D eigenvalue weighted by atomic mass is 10.2. The minimum atomic E-state index is -0.511. The number of nitrogens with two attached hydrogens (primary N) is 1. The van der Waals surface area contributed by atoms with Crippen molar-refractivity contribution in [1.82, 2.24) is 0 Å². The van der Waals surface area contributed by atoms with E-state index in [9.17, 15) is 4.39 Å². The van der Waals surface area contributed by atoms with E-state index in [2.05, 4.69) is 0 Å². The van der Waals surface area contributed by atoms with Crippen molar-refractivity contribution in [3.63, 3.8) is 0 Å². The Bertz CT molecular complexity index is 396. The Labute approximate surface area is 112 Å². The zero-order valence-electron chi connectivity index (χ0n) is 11.1. The molecule has 1 rings (SSSR count). The molecule has 0 unspecified atom stereocenters. The standard InChI is InChI=1S/C13H21FN2O3/c1-2-7-19-13-9-12(11(15)8-10(13)14)16(3-5-17)4-6-18/h8-9,17-18H,2-7,15H2,1H3. The predicted molar refractivity (Wildman–Crippen MR) is 73.0 cm³/mol. The molecule has 0 saturated carbocycles. The Morgan fingerprint density at radius 1 is 1.26 bits per heavy atom. The maximum Gasteiger partial charge on any atom is 0.167 e. The molecule has 0 saturated heterocycles. The van der Waals surface area contributed by atoms with E-state index in [4.69, 9.17) is 20.7 Å². The van der Waals surface area contributed by atoms with Crippen molar-refractivity contribution in [2.24, 2.45) is 0 Å². The number of benzene rings is 1. The maximum absolute atomic E-state index is 13.7. The van der Waals surface area contributed by atoms with Crippen molar-refractivity contribution in [1.29, 1.82) is 0 Å². The summed E-state index contributed by atoms with van der Waals surface area (Å²) in [5.41, 5.74) is 6.58. The highest BCUT2D eigenvalue weighted by atomic mass is 19.1. The molecule has 0 spiro atoms. The number of anilines is 2. The van der Waals surface area contributed by atoms with Crippen LogP contribution in [0.2, 0.25) is 0 Å². The highest BCUT2D eigenvalue weighted by Gasteiger charge is 2.14. The summed E-state index contributed by atoms with van der Waals surface area (Å²) < 4.78 is 19.0. The summed E-state index contributed by atoms with van der Waals surface area (Å²) in [7, 11) is 0.